The number of amides is 1. The third kappa shape index (κ3) is 2.42. The Kier molecular flexibility index (Phi) is 3.21. The van der Waals surface area contributed by atoms with Crippen molar-refractivity contribution in [2.45, 2.75) is 30.8 Å². The molecule has 0 aliphatic carbocycles. The van der Waals surface area contributed by atoms with Crippen molar-refractivity contribution >= 4 is 21.6 Å². The summed E-state index contributed by atoms with van der Waals surface area (Å²) < 4.78 is 27.2. The highest BCUT2D eigenvalue weighted by atomic mass is 32.2. The molecule has 2 aromatic rings. The van der Waals surface area contributed by atoms with E-state index in [1.807, 2.05) is 6.07 Å². The molecule has 2 aliphatic heterocycles. The first-order valence-electron chi connectivity index (χ1n) is 7.39. The summed E-state index contributed by atoms with van der Waals surface area (Å²) in [7, 11) is -3.56. The summed E-state index contributed by atoms with van der Waals surface area (Å²) in [6.07, 6.45) is 4.34. The molecule has 1 aromatic carbocycles. The molecule has 3 heterocycles. The second-order valence-electron chi connectivity index (χ2n) is 5.78. The van der Waals surface area contributed by atoms with Crippen molar-refractivity contribution in [3.8, 4) is 0 Å². The van der Waals surface area contributed by atoms with Gasteiger partial charge in [0, 0.05) is 37.6 Å². The first-order chi connectivity index (χ1) is 11.0. The molecular weight excluding hydrogens is 314 g/mol. The van der Waals surface area contributed by atoms with Crippen LogP contribution < -0.4 is 5.32 Å². The van der Waals surface area contributed by atoms with E-state index in [4.69, 9.17) is 0 Å². The standard InChI is InChI=1S/C16H15N3O3S/c20-16-4-1-11-7-14(2-3-15(11)18-16)23(21,22)19-9-12-5-6-17-8-13(12)10-19/h2-3,5-8H,1,4,9-10H2,(H,18,20). The number of pyridine rings is 1. The molecule has 0 saturated heterocycles. The van der Waals surface area contributed by atoms with Crippen LogP contribution in [0.1, 0.15) is 23.1 Å². The van der Waals surface area contributed by atoms with Crippen LogP contribution in [0.2, 0.25) is 0 Å². The third-order valence-corrected chi connectivity index (χ3v) is 6.10. The molecule has 1 N–H and O–H groups in total. The molecule has 0 radical (unpaired) electrons. The molecular formula is C16H15N3O3S. The third-order valence-electron chi connectivity index (χ3n) is 4.31. The highest BCUT2D eigenvalue weighted by Crippen LogP contribution is 2.31. The van der Waals surface area contributed by atoms with Crippen molar-refractivity contribution in [2.24, 2.45) is 0 Å². The Bertz CT molecular complexity index is 884. The SMILES string of the molecule is O=C1CCc2cc(S(=O)(=O)N3Cc4ccncc4C3)ccc2N1. The van der Waals surface area contributed by atoms with Gasteiger partial charge in [0.2, 0.25) is 15.9 Å². The van der Waals surface area contributed by atoms with Crippen LogP contribution in [-0.4, -0.2) is 23.6 Å². The maximum atomic E-state index is 12.9. The van der Waals surface area contributed by atoms with E-state index in [0.29, 0.717) is 31.6 Å². The Balaban J connectivity index is 1.67. The number of rotatable bonds is 2. The Morgan fingerprint density at radius 2 is 1.87 bits per heavy atom. The zero-order chi connectivity index (χ0) is 16.0. The van der Waals surface area contributed by atoms with Crippen LogP contribution in [0.25, 0.3) is 0 Å². The van der Waals surface area contributed by atoms with Crippen LogP contribution in [-0.2, 0) is 34.3 Å². The molecule has 0 fully saturated rings. The van der Waals surface area contributed by atoms with Gasteiger partial charge in [-0.05, 0) is 47.4 Å². The van der Waals surface area contributed by atoms with Gasteiger partial charge in [-0.2, -0.15) is 4.31 Å². The first kappa shape index (κ1) is 14.3. The number of aryl methyl sites for hydroxylation is 1. The molecule has 23 heavy (non-hydrogen) atoms. The van der Waals surface area contributed by atoms with E-state index < -0.39 is 10.0 Å². The number of nitrogens with zero attached hydrogens (tertiary/aromatic N) is 2. The van der Waals surface area contributed by atoms with Crippen molar-refractivity contribution in [1.82, 2.24) is 9.29 Å². The molecule has 4 rings (SSSR count). The maximum Gasteiger partial charge on any atom is 0.243 e. The average molecular weight is 329 g/mol. The molecule has 0 bridgehead atoms. The maximum absolute atomic E-state index is 12.9. The Labute approximate surface area is 134 Å². The molecule has 6 nitrogen and oxygen atoms in total. The smallest absolute Gasteiger partial charge is 0.243 e. The molecule has 0 unspecified atom stereocenters. The van der Waals surface area contributed by atoms with Crippen LogP contribution in [0, 0.1) is 0 Å². The number of nitrogens with one attached hydrogen (secondary N) is 1. The molecule has 1 amide bonds. The van der Waals surface area contributed by atoms with Gasteiger partial charge in [0.15, 0.2) is 0 Å². The van der Waals surface area contributed by atoms with Crippen LogP contribution in [0.4, 0.5) is 5.69 Å². The largest absolute Gasteiger partial charge is 0.326 e. The number of carbonyl (C=O) groups excluding carboxylic acids is 1. The fourth-order valence-electron chi connectivity index (χ4n) is 3.03. The van der Waals surface area contributed by atoms with Gasteiger partial charge in [0.1, 0.15) is 0 Å². The molecule has 2 aliphatic rings. The predicted molar refractivity (Wildman–Crippen MR) is 84.1 cm³/mol. The van der Waals surface area contributed by atoms with Crippen molar-refractivity contribution in [2.75, 3.05) is 5.32 Å². The summed E-state index contributed by atoms with van der Waals surface area (Å²) >= 11 is 0. The zero-order valence-electron chi connectivity index (χ0n) is 12.3. The lowest BCUT2D eigenvalue weighted by atomic mass is 10.0. The van der Waals surface area contributed by atoms with Crippen LogP contribution >= 0.6 is 0 Å². The van der Waals surface area contributed by atoms with E-state index in [0.717, 1.165) is 16.7 Å². The van der Waals surface area contributed by atoms with Gasteiger partial charge in [-0.3, -0.25) is 9.78 Å². The van der Waals surface area contributed by atoms with E-state index in [1.165, 1.54) is 4.31 Å². The summed E-state index contributed by atoms with van der Waals surface area (Å²) in [4.78, 5) is 15.7. The number of carbonyl (C=O) groups is 1. The Morgan fingerprint density at radius 1 is 1.04 bits per heavy atom. The minimum atomic E-state index is -3.56. The first-order valence-corrected chi connectivity index (χ1v) is 8.83. The van der Waals surface area contributed by atoms with E-state index in [9.17, 15) is 13.2 Å². The summed E-state index contributed by atoms with van der Waals surface area (Å²) in [5.74, 6) is -0.0319. The number of fused-ring (bicyclic) bond motifs is 2. The van der Waals surface area contributed by atoms with Crippen molar-refractivity contribution in [3.63, 3.8) is 0 Å². The number of hydrogen-bond acceptors (Lipinski definition) is 4. The number of benzene rings is 1. The normalized spacial score (nSPS) is 17.5. The summed E-state index contributed by atoms with van der Waals surface area (Å²) in [6.45, 7) is 0.716. The summed E-state index contributed by atoms with van der Waals surface area (Å²) in [6, 6.07) is 6.75. The second kappa shape index (κ2) is 5.14. The lowest BCUT2D eigenvalue weighted by molar-refractivity contribution is -0.116. The fraction of sp³-hybridized carbons (Fsp3) is 0.250. The lowest BCUT2D eigenvalue weighted by Crippen LogP contribution is -2.26. The number of sulfonamides is 1. The highest BCUT2D eigenvalue weighted by molar-refractivity contribution is 7.89. The number of anilines is 1. The van der Waals surface area contributed by atoms with Gasteiger partial charge in [-0.1, -0.05) is 0 Å². The number of aromatic nitrogens is 1. The highest BCUT2D eigenvalue weighted by Gasteiger charge is 2.31. The van der Waals surface area contributed by atoms with Crippen molar-refractivity contribution in [3.05, 3.63) is 53.3 Å². The molecule has 7 heteroatoms. The van der Waals surface area contributed by atoms with Crippen LogP contribution in [0.3, 0.4) is 0 Å². The van der Waals surface area contributed by atoms with E-state index >= 15 is 0 Å². The molecule has 0 saturated carbocycles. The summed E-state index contributed by atoms with van der Waals surface area (Å²) in [5, 5.41) is 2.77. The molecule has 0 spiro atoms. The van der Waals surface area contributed by atoms with E-state index in [-0.39, 0.29) is 10.8 Å². The van der Waals surface area contributed by atoms with Gasteiger partial charge in [0.25, 0.3) is 0 Å². The fourth-order valence-corrected chi connectivity index (χ4v) is 4.48. The monoisotopic (exact) mass is 329 g/mol. The molecule has 0 atom stereocenters. The average Bonchev–Trinajstić information content (AvgIpc) is 2.99. The second-order valence-corrected chi connectivity index (χ2v) is 7.72. The zero-order valence-corrected chi connectivity index (χ0v) is 13.1. The molecule has 118 valence electrons. The van der Waals surface area contributed by atoms with Gasteiger partial charge < -0.3 is 5.32 Å². The lowest BCUT2D eigenvalue weighted by Gasteiger charge is -2.20. The van der Waals surface area contributed by atoms with Crippen molar-refractivity contribution in [1.29, 1.82) is 0 Å². The quantitative estimate of drug-likeness (QED) is 0.909. The minimum absolute atomic E-state index is 0.0319. The van der Waals surface area contributed by atoms with Gasteiger partial charge in [-0.15, -0.1) is 0 Å². The van der Waals surface area contributed by atoms with E-state index in [1.54, 1.807) is 30.6 Å². The summed E-state index contributed by atoms with van der Waals surface area (Å²) in [5.41, 5.74) is 3.51. The number of hydrogen-bond donors (Lipinski definition) is 1. The Morgan fingerprint density at radius 3 is 2.70 bits per heavy atom. The van der Waals surface area contributed by atoms with Gasteiger partial charge in [-0.25, -0.2) is 8.42 Å². The topological polar surface area (TPSA) is 79.4 Å². The minimum Gasteiger partial charge on any atom is -0.326 e. The predicted octanol–water partition coefficient (Wildman–Crippen LogP) is 1.67. The van der Waals surface area contributed by atoms with Gasteiger partial charge in [0.05, 0.1) is 4.90 Å². The van der Waals surface area contributed by atoms with E-state index in [2.05, 4.69) is 10.3 Å². The Hall–Kier alpha value is -2.25. The van der Waals surface area contributed by atoms with Crippen LogP contribution in [0.15, 0.2) is 41.6 Å². The molecule has 1 aromatic heterocycles. The van der Waals surface area contributed by atoms with Crippen LogP contribution in [0.5, 0.6) is 0 Å². The van der Waals surface area contributed by atoms with Crippen molar-refractivity contribution < 1.29 is 13.2 Å². The van der Waals surface area contributed by atoms with Gasteiger partial charge >= 0.3 is 0 Å².